The topological polar surface area (TPSA) is 153 Å². The van der Waals surface area contributed by atoms with Gasteiger partial charge in [-0.1, -0.05) is 35.4 Å². The van der Waals surface area contributed by atoms with Crippen molar-refractivity contribution in [2.75, 3.05) is 4.90 Å². The Kier molecular flexibility index (Phi) is 6.79. The summed E-state index contributed by atoms with van der Waals surface area (Å²) in [4.78, 5) is 48.5. The van der Waals surface area contributed by atoms with Crippen LogP contribution < -0.4 is 14.4 Å². The maximum atomic E-state index is 13.0. The largest absolute Gasteiger partial charge is 0.377 e. The van der Waals surface area contributed by atoms with E-state index in [0.717, 1.165) is 23.8 Å². The molecule has 37 heavy (non-hydrogen) atoms. The zero-order valence-electron chi connectivity index (χ0n) is 18.9. The molecule has 4 rings (SSSR count). The first-order valence-corrected chi connectivity index (χ1v) is 12.2. The van der Waals surface area contributed by atoms with E-state index in [0.29, 0.717) is 4.90 Å². The van der Waals surface area contributed by atoms with E-state index in [4.69, 9.17) is 15.8 Å². The summed E-state index contributed by atoms with van der Waals surface area (Å²) in [5.74, 6) is -2.11. The van der Waals surface area contributed by atoms with Crippen LogP contribution in [0.25, 0.3) is 6.08 Å². The number of carbonyl (C=O) groups is 3. The summed E-state index contributed by atoms with van der Waals surface area (Å²) < 4.78 is 30.2. The number of nitro benzene ring substituents is 1. The fourth-order valence-corrected chi connectivity index (χ4v) is 4.55. The number of nitro groups is 1. The lowest BCUT2D eigenvalue weighted by atomic mass is 10.1. The third kappa shape index (κ3) is 5.34. The Morgan fingerprint density at radius 2 is 1.65 bits per heavy atom. The van der Waals surface area contributed by atoms with Gasteiger partial charge in [0.25, 0.3) is 17.5 Å². The highest BCUT2D eigenvalue weighted by Crippen LogP contribution is 2.30. The molecule has 0 bridgehead atoms. The number of hydrogen-bond donors (Lipinski definition) is 1. The highest BCUT2D eigenvalue weighted by Gasteiger charge is 2.37. The standard InChI is InChI=1S/C24H16ClN3O8S/c1-14-2-9-18(10-3-14)37(34,35)36-21-11-4-15(13-20(21)25)12-19-22(29)26-24(31)27(23(19)30)16-5-7-17(8-6-16)28(32)33/h2-13H,1H3,(H,26,29,31)/b19-12+. The zero-order valence-corrected chi connectivity index (χ0v) is 20.4. The normalized spacial score (nSPS) is 15.0. The van der Waals surface area contributed by atoms with Crippen LogP contribution in [0.3, 0.4) is 0 Å². The van der Waals surface area contributed by atoms with Crippen LogP contribution in [-0.4, -0.2) is 31.2 Å². The number of rotatable bonds is 6. The molecule has 0 saturated carbocycles. The summed E-state index contributed by atoms with van der Waals surface area (Å²) >= 11 is 6.20. The fourth-order valence-electron chi connectivity index (χ4n) is 3.33. The van der Waals surface area contributed by atoms with Crippen LogP contribution in [0.4, 0.5) is 16.2 Å². The Balaban J connectivity index is 1.61. The number of nitrogens with zero attached hydrogens (tertiary/aromatic N) is 2. The SMILES string of the molecule is Cc1ccc(S(=O)(=O)Oc2ccc(/C=C3\C(=O)NC(=O)N(c4ccc([N+](=O)[O-])cc4)C3=O)cc2Cl)cc1. The number of benzene rings is 3. The first-order chi connectivity index (χ1) is 17.5. The maximum absolute atomic E-state index is 13.0. The average molecular weight is 542 g/mol. The molecule has 1 heterocycles. The first-order valence-electron chi connectivity index (χ1n) is 10.4. The van der Waals surface area contributed by atoms with Crippen molar-refractivity contribution in [3.8, 4) is 5.75 Å². The number of imide groups is 2. The molecule has 3 aromatic carbocycles. The molecule has 13 heteroatoms. The van der Waals surface area contributed by atoms with Crippen LogP contribution in [0.5, 0.6) is 5.75 Å². The first kappa shape index (κ1) is 25.5. The van der Waals surface area contributed by atoms with E-state index in [9.17, 15) is 32.9 Å². The van der Waals surface area contributed by atoms with Gasteiger partial charge >= 0.3 is 16.1 Å². The maximum Gasteiger partial charge on any atom is 0.339 e. The molecule has 0 aromatic heterocycles. The Labute approximate surface area is 215 Å². The highest BCUT2D eigenvalue weighted by atomic mass is 35.5. The minimum Gasteiger partial charge on any atom is -0.377 e. The monoisotopic (exact) mass is 541 g/mol. The molecule has 0 radical (unpaired) electrons. The Morgan fingerprint density at radius 3 is 2.24 bits per heavy atom. The van der Waals surface area contributed by atoms with Crippen molar-refractivity contribution in [1.29, 1.82) is 0 Å². The van der Waals surface area contributed by atoms with Crippen LogP contribution in [-0.2, 0) is 19.7 Å². The van der Waals surface area contributed by atoms with E-state index in [1.165, 1.54) is 42.5 Å². The molecule has 0 atom stereocenters. The van der Waals surface area contributed by atoms with Gasteiger partial charge in [0.05, 0.1) is 15.6 Å². The van der Waals surface area contributed by atoms with E-state index in [2.05, 4.69) is 0 Å². The number of urea groups is 1. The third-order valence-corrected chi connectivity index (χ3v) is 6.74. The summed E-state index contributed by atoms with van der Waals surface area (Å²) in [6.45, 7) is 1.81. The number of hydrogen-bond acceptors (Lipinski definition) is 8. The quantitative estimate of drug-likeness (QED) is 0.161. The number of aryl methyl sites for hydroxylation is 1. The van der Waals surface area contributed by atoms with E-state index >= 15 is 0 Å². The minimum atomic E-state index is -4.17. The number of carbonyl (C=O) groups excluding carboxylic acids is 3. The van der Waals surface area contributed by atoms with E-state index in [-0.39, 0.29) is 32.6 Å². The molecule has 3 aromatic rings. The molecule has 1 aliphatic heterocycles. The number of non-ortho nitro benzene ring substituents is 1. The predicted molar refractivity (Wildman–Crippen MR) is 133 cm³/mol. The molecule has 0 aliphatic carbocycles. The molecule has 0 spiro atoms. The summed E-state index contributed by atoms with van der Waals surface area (Å²) in [7, 11) is -4.17. The Morgan fingerprint density at radius 1 is 1.00 bits per heavy atom. The average Bonchev–Trinajstić information content (AvgIpc) is 2.84. The second-order valence-electron chi connectivity index (χ2n) is 7.77. The Bertz CT molecular complexity index is 1580. The van der Waals surface area contributed by atoms with Crippen LogP contribution >= 0.6 is 11.6 Å². The lowest BCUT2D eigenvalue weighted by Gasteiger charge is -2.26. The molecule has 188 valence electrons. The van der Waals surface area contributed by atoms with Gasteiger partial charge in [-0.25, -0.2) is 9.69 Å². The van der Waals surface area contributed by atoms with Crippen molar-refractivity contribution >= 4 is 57.0 Å². The van der Waals surface area contributed by atoms with E-state index in [1.807, 2.05) is 5.32 Å². The molecule has 1 fully saturated rings. The van der Waals surface area contributed by atoms with Crippen molar-refractivity contribution in [3.63, 3.8) is 0 Å². The van der Waals surface area contributed by atoms with Gasteiger partial charge in [0, 0.05) is 12.1 Å². The summed E-state index contributed by atoms with van der Waals surface area (Å²) in [6.07, 6.45) is 1.16. The fraction of sp³-hybridized carbons (Fsp3) is 0.0417. The summed E-state index contributed by atoms with van der Waals surface area (Å²) in [5.41, 5.74) is 0.442. The van der Waals surface area contributed by atoms with Gasteiger partial charge in [-0.15, -0.1) is 0 Å². The van der Waals surface area contributed by atoms with E-state index < -0.39 is 38.5 Å². The van der Waals surface area contributed by atoms with Crippen LogP contribution in [0.1, 0.15) is 11.1 Å². The number of barbiturate groups is 1. The highest BCUT2D eigenvalue weighted by molar-refractivity contribution is 7.87. The molecule has 0 unspecified atom stereocenters. The number of amides is 4. The zero-order chi connectivity index (χ0) is 26.9. The van der Waals surface area contributed by atoms with Crippen molar-refractivity contribution in [2.24, 2.45) is 0 Å². The van der Waals surface area contributed by atoms with Crippen LogP contribution in [0, 0.1) is 17.0 Å². The van der Waals surface area contributed by atoms with Crippen molar-refractivity contribution in [1.82, 2.24) is 5.32 Å². The number of halogens is 1. The van der Waals surface area contributed by atoms with Gasteiger partial charge in [0.1, 0.15) is 10.5 Å². The van der Waals surface area contributed by atoms with Gasteiger partial charge in [0.15, 0.2) is 5.75 Å². The molecule has 1 saturated heterocycles. The molecular formula is C24H16ClN3O8S. The Hall–Kier alpha value is -4.55. The lowest BCUT2D eigenvalue weighted by Crippen LogP contribution is -2.54. The van der Waals surface area contributed by atoms with Gasteiger partial charge in [-0.05, 0) is 55.0 Å². The van der Waals surface area contributed by atoms with Crippen molar-refractivity contribution in [3.05, 3.63) is 98.6 Å². The van der Waals surface area contributed by atoms with Gasteiger partial charge in [-0.3, -0.25) is 25.0 Å². The molecule has 1 aliphatic rings. The molecular weight excluding hydrogens is 526 g/mol. The van der Waals surface area contributed by atoms with E-state index in [1.54, 1.807) is 19.1 Å². The smallest absolute Gasteiger partial charge is 0.339 e. The van der Waals surface area contributed by atoms with Crippen molar-refractivity contribution in [2.45, 2.75) is 11.8 Å². The summed E-state index contributed by atoms with van der Waals surface area (Å²) in [6, 6.07) is 13.5. The minimum absolute atomic E-state index is 0.00888. The van der Waals surface area contributed by atoms with Crippen LogP contribution in [0.15, 0.2) is 77.2 Å². The van der Waals surface area contributed by atoms with Crippen molar-refractivity contribution < 1.29 is 31.9 Å². The second kappa shape index (κ2) is 9.84. The third-order valence-electron chi connectivity index (χ3n) is 5.20. The predicted octanol–water partition coefficient (Wildman–Crippen LogP) is 3.99. The van der Waals surface area contributed by atoms with Crippen LogP contribution in [0.2, 0.25) is 5.02 Å². The van der Waals surface area contributed by atoms with Gasteiger partial charge in [-0.2, -0.15) is 8.42 Å². The molecule has 4 amide bonds. The van der Waals surface area contributed by atoms with Gasteiger partial charge in [0.2, 0.25) is 0 Å². The molecule has 11 nitrogen and oxygen atoms in total. The number of nitrogens with one attached hydrogen (secondary N) is 1. The second-order valence-corrected chi connectivity index (χ2v) is 9.73. The van der Waals surface area contributed by atoms with Gasteiger partial charge < -0.3 is 4.18 Å². The molecule has 1 N–H and O–H groups in total. The number of anilines is 1. The lowest BCUT2D eigenvalue weighted by molar-refractivity contribution is -0.384. The summed E-state index contributed by atoms with van der Waals surface area (Å²) in [5, 5.41) is 12.8.